The number of hydrogen-bond donors (Lipinski definition) is 1. The molecule has 2 aliphatic heterocycles. The monoisotopic (exact) mass is 626 g/mol. The molecule has 5 atom stereocenters. The number of aliphatic hydroxyl groups is 1. The lowest BCUT2D eigenvalue weighted by molar-refractivity contribution is -0.200. The molecule has 0 bridgehead atoms. The molecule has 2 saturated heterocycles. The number of Topliss-reactive ketones (excluding diaryl/α,β-unsaturated/α-hetero) is 1. The zero-order valence-electron chi connectivity index (χ0n) is 24.8. The van der Waals surface area contributed by atoms with Crippen LogP contribution in [0.1, 0.15) is 73.3 Å². The van der Waals surface area contributed by atoms with E-state index in [4.69, 9.17) is 23.1 Å². The Morgan fingerprint density at radius 1 is 1.15 bits per heavy atom. The molecule has 0 radical (unpaired) electrons. The van der Waals surface area contributed by atoms with Gasteiger partial charge in [-0.1, -0.05) is 81.3 Å². The lowest BCUT2D eigenvalue weighted by Crippen LogP contribution is -2.67. The summed E-state index contributed by atoms with van der Waals surface area (Å²) in [4.78, 5) is 12.6. The molecule has 1 aromatic carbocycles. The van der Waals surface area contributed by atoms with Crippen LogP contribution in [0.2, 0.25) is 10.1 Å². The van der Waals surface area contributed by atoms with Gasteiger partial charge in [0.25, 0.3) is 0 Å². The van der Waals surface area contributed by atoms with Gasteiger partial charge in [-0.3, -0.25) is 4.79 Å². The van der Waals surface area contributed by atoms with Crippen LogP contribution in [0.15, 0.2) is 35.9 Å². The lowest BCUT2D eigenvalue weighted by Gasteiger charge is -2.56. The van der Waals surface area contributed by atoms with E-state index in [0.717, 1.165) is 16.9 Å². The van der Waals surface area contributed by atoms with Crippen LogP contribution < -0.4 is 4.74 Å². The number of hydrogen-bond acceptors (Lipinski definition) is 7. The van der Waals surface area contributed by atoms with Crippen LogP contribution in [-0.4, -0.2) is 69.0 Å². The lowest BCUT2D eigenvalue weighted by atomic mass is 9.94. The van der Waals surface area contributed by atoms with Gasteiger partial charge in [0.1, 0.15) is 17.6 Å². The standard InChI is InChI=1S/C30H47BrO7Si/c1-20(17-35-18-21-10-12-22(34-8)13-11-21)9-14-23(31)24(32)15-26-25(33)16-27-28(37-26)19-36-39(38-27,29(2,3)4)30(5,6)7/h9-13,23,25-28,33H,14-19H2,1-8H3/b20-9+/t23?,25-,26+,27+,28-/m1/s1. The number of carbonyl (C=O) groups is 1. The number of allylic oxidation sites excluding steroid dienone is 1. The summed E-state index contributed by atoms with van der Waals surface area (Å²) in [6.45, 7) is 16.5. The minimum absolute atomic E-state index is 0.00597. The molecule has 7 nitrogen and oxygen atoms in total. The first kappa shape index (κ1) is 32.4. The molecule has 220 valence electrons. The zero-order chi connectivity index (χ0) is 29.0. The average Bonchev–Trinajstić information content (AvgIpc) is 2.86. The smallest absolute Gasteiger partial charge is 0.349 e. The molecule has 3 rings (SSSR count). The number of halogens is 1. The Hall–Kier alpha value is -1.07. The van der Waals surface area contributed by atoms with Gasteiger partial charge in [0.2, 0.25) is 0 Å². The Balaban J connectivity index is 1.48. The van der Waals surface area contributed by atoms with E-state index in [2.05, 4.69) is 57.5 Å². The average molecular weight is 628 g/mol. The number of benzene rings is 1. The maximum atomic E-state index is 13.0. The van der Waals surface area contributed by atoms with Gasteiger partial charge in [-0.15, -0.1) is 0 Å². The molecule has 1 unspecified atom stereocenters. The van der Waals surface area contributed by atoms with E-state index < -0.39 is 20.8 Å². The fraction of sp³-hybridized carbons (Fsp3) is 0.700. The number of fused-ring (bicyclic) bond motifs is 1. The SMILES string of the molecule is COc1ccc(COC/C(C)=C/CC(Br)C(=O)C[C@@H]2O[C@@H]3CO[Si](C(C)(C)C)(C(C)(C)C)O[C@H]3C[C@H]2O)cc1. The van der Waals surface area contributed by atoms with Crippen molar-refractivity contribution in [3.05, 3.63) is 41.5 Å². The van der Waals surface area contributed by atoms with Crippen molar-refractivity contribution in [3.63, 3.8) is 0 Å². The molecule has 1 aromatic rings. The third-order valence-corrected chi connectivity index (χ3v) is 13.6. The number of methoxy groups -OCH3 is 1. The fourth-order valence-corrected chi connectivity index (χ4v) is 11.0. The van der Waals surface area contributed by atoms with Gasteiger partial charge in [-0.25, -0.2) is 0 Å². The van der Waals surface area contributed by atoms with Crippen molar-refractivity contribution >= 4 is 30.3 Å². The Labute approximate surface area is 244 Å². The maximum absolute atomic E-state index is 13.0. The summed E-state index contributed by atoms with van der Waals surface area (Å²) in [5.74, 6) is 0.824. The van der Waals surface area contributed by atoms with Crippen molar-refractivity contribution in [2.75, 3.05) is 20.3 Å². The van der Waals surface area contributed by atoms with E-state index in [1.165, 1.54) is 0 Å². The third kappa shape index (κ3) is 8.02. The van der Waals surface area contributed by atoms with E-state index in [0.29, 0.717) is 32.7 Å². The van der Waals surface area contributed by atoms with Gasteiger partial charge in [0.05, 0.1) is 50.1 Å². The van der Waals surface area contributed by atoms with Gasteiger partial charge in [0.15, 0.2) is 0 Å². The van der Waals surface area contributed by atoms with Crippen LogP contribution in [0.4, 0.5) is 0 Å². The topological polar surface area (TPSA) is 83.5 Å². The summed E-state index contributed by atoms with van der Waals surface area (Å²) in [5.41, 5.74) is 2.13. The highest BCUT2D eigenvalue weighted by Gasteiger charge is 2.63. The van der Waals surface area contributed by atoms with Crippen molar-refractivity contribution in [3.8, 4) is 5.75 Å². The highest BCUT2D eigenvalue weighted by Crippen LogP contribution is 2.55. The van der Waals surface area contributed by atoms with E-state index in [1.54, 1.807) is 7.11 Å². The van der Waals surface area contributed by atoms with E-state index >= 15 is 0 Å². The zero-order valence-corrected chi connectivity index (χ0v) is 27.4. The Morgan fingerprint density at radius 2 is 1.79 bits per heavy atom. The van der Waals surface area contributed by atoms with E-state index in [1.807, 2.05) is 37.3 Å². The number of ether oxygens (including phenoxy) is 3. The summed E-state index contributed by atoms with van der Waals surface area (Å²) in [5, 5.41) is 10.6. The minimum atomic E-state index is -2.64. The Kier molecular flexibility index (Phi) is 11.0. The quantitative estimate of drug-likeness (QED) is 0.187. The second-order valence-electron chi connectivity index (χ2n) is 12.9. The molecular formula is C30H47BrO7Si. The third-order valence-electron chi connectivity index (χ3n) is 7.59. The predicted octanol–water partition coefficient (Wildman–Crippen LogP) is 6.25. The molecule has 39 heavy (non-hydrogen) atoms. The van der Waals surface area contributed by atoms with Gasteiger partial charge in [-0.05, 0) is 31.0 Å². The first-order chi connectivity index (χ1) is 18.2. The molecule has 0 amide bonds. The molecule has 0 aliphatic carbocycles. The predicted molar refractivity (Wildman–Crippen MR) is 159 cm³/mol. The van der Waals surface area contributed by atoms with Crippen LogP contribution in [0.3, 0.4) is 0 Å². The van der Waals surface area contributed by atoms with Crippen LogP contribution in [-0.2, 0) is 29.7 Å². The summed E-state index contributed by atoms with van der Waals surface area (Å²) in [6, 6.07) is 7.79. The number of aliphatic hydroxyl groups excluding tert-OH is 1. The summed E-state index contributed by atoms with van der Waals surface area (Å²) >= 11 is 3.54. The second kappa shape index (κ2) is 13.3. The molecule has 9 heteroatoms. The maximum Gasteiger partial charge on any atom is 0.349 e. The molecule has 0 spiro atoms. The van der Waals surface area contributed by atoms with Gasteiger partial charge >= 0.3 is 8.56 Å². The summed E-state index contributed by atoms with van der Waals surface area (Å²) in [6.07, 6.45) is 1.32. The normalized spacial score (nSPS) is 26.6. The first-order valence-electron chi connectivity index (χ1n) is 13.8. The van der Waals surface area contributed by atoms with E-state index in [9.17, 15) is 9.90 Å². The molecular weight excluding hydrogens is 580 g/mol. The number of alkyl halides is 1. The van der Waals surface area contributed by atoms with Crippen LogP contribution in [0.25, 0.3) is 0 Å². The fourth-order valence-electron chi connectivity index (χ4n) is 5.63. The largest absolute Gasteiger partial charge is 0.497 e. The summed E-state index contributed by atoms with van der Waals surface area (Å²) < 4.78 is 30.5. The Morgan fingerprint density at radius 3 is 2.38 bits per heavy atom. The highest BCUT2D eigenvalue weighted by molar-refractivity contribution is 9.10. The van der Waals surface area contributed by atoms with Crippen LogP contribution in [0, 0.1) is 0 Å². The highest BCUT2D eigenvalue weighted by atomic mass is 79.9. The molecule has 2 fully saturated rings. The minimum Gasteiger partial charge on any atom is -0.497 e. The van der Waals surface area contributed by atoms with Crippen LogP contribution in [0.5, 0.6) is 5.75 Å². The van der Waals surface area contributed by atoms with Gasteiger partial charge in [-0.2, -0.15) is 0 Å². The van der Waals surface area contributed by atoms with Gasteiger partial charge in [0, 0.05) is 22.9 Å². The van der Waals surface area contributed by atoms with Crippen molar-refractivity contribution < 1.29 is 33.0 Å². The number of rotatable bonds is 10. The van der Waals surface area contributed by atoms with Crippen molar-refractivity contribution in [1.82, 2.24) is 0 Å². The number of ketones is 1. The second-order valence-corrected chi connectivity index (χ2v) is 18.7. The molecule has 1 N–H and O–H groups in total. The first-order valence-corrected chi connectivity index (χ1v) is 16.6. The van der Waals surface area contributed by atoms with Crippen molar-refractivity contribution in [2.24, 2.45) is 0 Å². The van der Waals surface area contributed by atoms with Crippen molar-refractivity contribution in [2.45, 2.75) is 114 Å². The molecule has 0 saturated carbocycles. The van der Waals surface area contributed by atoms with Gasteiger partial charge < -0.3 is 28.2 Å². The molecule has 2 heterocycles. The van der Waals surface area contributed by atoms with E-state index in [-0.39, 0.29) is 39.3 Å². The molecule has 2 aliphatic rings. The molecule has 0 aromatic heterocycles. The number of carbonyl (C=O) groups excluding carboxylic acids is 1. The summed E-state index contributed by atoms with van der Waals surface area (Å²) in [7, 11) is -0.992. The van der Waals surface area contributed by atoms with Crippen LogP contribution >= 0.6 is 15.9 Å². The van der Waals surface area contributed by atoms with Crippen molar-refractivity contribution in [1.29, 1.82) is 0 Å². The Bertz CT molecular complexity index is 969.